The Morgan fingerprint density at radius 1 is 1.19 bits per heavy atom. The molecule has 1 aliphatic rings. The largest absolute Gasteiger partial charge is 0.369 e. The average Bonchev–Trinajstić information content (AvgIpc) is 2.50. The Morgan fingerprint density at radius 2 is 1.70 bits per heavy atom. The second kappa shape index (κ2) is 8.25. The van der Waals surface area contributed by atoms with Crippen LogP contribution in [-0.2, 0) is 14.4 Å². The Bertz CT molecular complexity index is 587. The van der Waals surface area contributed by atoms with Gasteiger partial charge in [0.2, 0.25) is 17.7 Å². The number of piperidine rings is 1. The fourth-order valence-electron chi connectivity index (χ4n) is 3.95. The van der Waals surface area contributed by atoms with Crippen molar-refractivity contribution in [3.8, 4) is 0 Å². The third-order valence-electron chi connectivity index (χ3n) is 6.89. The number of carbonyl (C=O) groups is 3. The zero-order valence-electron chi connectivity index (χ0n) is 17.6. The van der Waals surface area contributed by atoms with E-state index in [0.29, 0.717) is 6.42 Å². The second-order valence-electron chi connectivity index (χ2n) is 9.54. The Kier molecular flexibility index (Phi) is 7.19. The van der Waals surface area contributed by atoms with Crippen molar-refractivity contribution >= 4 is 17.7 Å². The third kappa shape index (κ3) is 5.06. The van der Waals surface area contributed by atoms with Crippen molar-refractivity contribution in [2.45, 2.75) is 73.5 Å². The van der Waals surface area contributed by atoms with Crippen LogP contribution in [0, 0.1) is 34.5 Å². The third-order valence-corrected chi connectivity index (χ3v) is 6.89. The van der Waals surface area contributed by atoms with Crippen molar-refractivity contribution in [2.75, 3.05) is 0 Å². The molecular weight excluding hydrogens is 349 g/mol. The zero-order chi connectivity index (χ0) is 21.3. The molecule has 6 nitrogen and oxygen atoms in total. The highest BCUT2D eigenvalue weighted by Gasteiger charge is 2.49. The van der Waals surface area contributed by atoms with E-state index in [4.69, 9.17) is 11.5 Å². The van der Waals surface area contributed by atoms with E-state index in [0.717, 1.165) is 0 Å². The summed E-state index contributed by atoms with van der Waals surface area (Å²) in [4.78, 5) is 36.8. The lowest BCUT2D eigenvalue weighted by Crippen LogP contribution is -2.56. The predicted molar refractivity (Wildman–Crippen MR) is 103 cm³/mol. The number of imide groups is 1. The molecule has 0 aromatic heterocycles. The molecule has 0 radical (unpaired) electrons. The van der Waals surface area contributed by atoms with Crippen LogP contribution in [0.4, 0.5) is 4.39 Å². The molecule has 1 fully saturated rings. The molecule has 6 unspecified atom stereocenters. The Morgan fingerprint density at radius 3 is 2.11 bits per heavy atom. The molecule has 1 heterocycles. The van der Waals surface area contributed by atoms with Gasteiger partial charge in [-0.2, -0.15) is 0 Å². The molecule has 0 bridgehead atoms. The molecular formula is C20H36FN3O3. The molecule has 0 aliphatic carbocycles. The molecule has 6 atom stereocenters. The van der Waals surface area contributed by atoms with E-state index in [1.807, 2.05) is 20.8 Å². The molecule has 156 valence electrons. The van der Waals surface area contributed by atoms with Crippen LogP contribution < -0.4 is 16.8 Å². The fourth-order valence-corrected chi connectivity index (χ4v) is 3.95. The van der Waals surface area contributed by atoms with Gasteiger partial charge < -0.3 is 11.5 Å². The van der Waals surface area contributed by atoms with Crippen molar-refractivity contribution in [3.63, 3.8) is 0 Å². The van der Waals surface area contributed by atoms with E-state index in [1.165, 1.54) is 6.92 Å². The predicted octanol–water partition coefficient (Wildman–Crippen LogP) is 2.15. The average molecular weight is 386 g/mol. The van der Waals surface area contributed by atoms with E-state index in [-0.39, 0.29) is 30.2 Å². The van der Waals surface area contributed by atoms with Gasteiger partial charge in [0, 0.05) is 17.9 Å². The van der Waals surface area contributed by atoms with Crippen molar-refractivity contribution in [3.05, 3.63) is 0 Å². The number of amides is 3. The maximum absolute atomic E-state index is 14.0. The molecule has 0 saturated carbocycles. The second-order valence-corrected chi connectivity index (χ2v) is 9.54. The van der Waals surface area contributed by atoms with Crippen LogP contribution in [0.15, 0.2) is 0 Å². The summed E-state index contributed by atoms with van der Waals surface area (Å²) in [6.45, 7) is 12.4. The smallest absolute Gasteiger partial charge is 0.231 e. The molecule has 0 spiro atoms. The highest BCUT2D eigenvalue weighted by atomic mass is 19.1. The van der Waals surface area contributed by atoms with E-state index in [2.05, 4.69) is 5.32 Å². The first-order valence-corrected chi connectivity index (χ1v) is 9.66. The number of nitrogens with one attached hydrogen (secondary N) is 1. The van der Waals surface area contributed by atoms with Gasteiger partial charge in [0.05, 0.1) is 5.92 Å². The van der Waals surface area contributed by atoms with Gasteiger partial charge in [0.1, 0.15) is 6.17 Å². The van der Waals surface area contributed by atoms with Gasteiger partial charge in [0.15, 0.2) is 0 Å². The van der Waals surface area contributed by atoms with E-state index >= 15 is 0 Å². The molecule has 0 aromatic rings. The van der Waals surface area contributed by atoms with Crippen LogP contribution in [0.3, 0.4) is 0 Å². The fraction of sp³-hybridized carbons (Fsp3) is 0.850. The van der Waals surface area contributed by atoms with Gasteiger partial charge in [-0.25, -0.2) is 4.39 Å². The molecule has 5 N–H and O–H groups in total. The summed E-state index contributed by atoms with van der Waals surface area (Å²) in [7, 11) is 0. The van der Waals surface area contributed by atoms with Crippen LogP contribution in [0.5, 0.6) is 0 Å². The minimum Gasteiger partial charge on any atom is -0.369 e. The van der Waals surface area contributed by atoms with Crippen molar-refractivity contribution in [1.29, 1.82) is 0 Å². The first kappa shape index (κ1) is 23.5. The summed E-state index contributed by atoms with van der Waals surface area (Å²) in [5.74, 6) is -3.04. The summed E-state index contributed by atoms with van der Waals surface area (Å²) in [6, 6.07) is -0.384. The van der Waals surface area contributed by atoms with Crippen molar-refractivity contribution in [2.24, 2.45) is 46.0 Å². The maximum atomic E-state index is 14.0. The number of primary amides is 1. The van der Waals surface area contributed by atoms with E-state index < -0.39 is 40.7 Å². The first-order valence-electron chi connectivity index (χ1n) is 9.66. The normalized spacial score (nSPS) is 26.1. The topological polar surface area (TPSA) is 115 Å². The van der Waals surface area contributed by atoms with Gasteiger partial charge in [-0.15, -0.1) is 0 Å². The Balaban J connectivity index is 3.16. The minimum absolute atomic E-state index is 0.286. The molecule has 3 amide bonds. The van der Waals surface area contributed by atoms with Crippen LogP contribution in [-0.4, -0.2) is 29.9 Å². The highest BCUT2D eigenvalue weighted by molar-refractivity contribution is 6.00. The van der Waals surface area contributed by atoms with Crippen LogP contribution >= 0.6 is 0 Å². The lowest BCUT2D eigenvalue weighted by atomic mass is 9.59. The van der Waals surface area contributed by atoms with Crippen molar-refractivity contribution < 1.29 is 18.8 Å². The summed E-state index contributed by atoms with van der Waals surface area (Å²) < 4.78 is 14.0. The summed E-state index contributed by atoms with van der Waals surface area (Å²) in [5.41, 5.74) is 10.2. The monoisotopic (exact) mass is 385 g/mol. The van der Waals surface area contributed by atoms with Gasteiger partial charge in [-0.3, -0.25) is 19.7 Å². The maximum Gasteiger partial charge on any atom is 0.231 e. The quantitative estimate of drug-likeness (QED) is 0.555. The summed E-state index contributed by atoms with van der Waals surface area (Å²) in [6.07, 6.45) is -0.490. The summed E-state index contributed by atoms with van der Waals surface area (Å²) in [5, 5.41) is 2.42. The highest BCUT2D eigenvalue weighted by Crippen LogP contribution is 2.46. The number of hydrogen-bond acceptors (Lipinski definition) is 4. The van der Waals surface area contributed by atoms with Crippen LogP contribution in [0.25, 0.3) is 0 Å². The number of nitrogens with two attached hydrogens (primary N) is 2. The van der Waals surface area contributed by atoms with Crippen LogP contribution in [0.1, 0.15) is 61.3 Å². The molecule has 7 heteroatoms. The van der Waals surface area contributed by atoms with Crippen LogP contribution in [0.2, 0.25) is 0 Å². The Labute approximate surface area is 162 Å². The van der Waals surface area contributed by atoms with Crippen molar-refractivity contribution in [1.82, 2.24) is 5.32 Å². The van der Waals surface area contributed by atoms with E-state index in [9.17, 15) is 18.8 Å². The molecule has 1 saturated heterocycles. The molecule has 1 aliphatic heterocycles. The van der Waals surface area contributed by atoms with Gasteiger partial charge in [-0.1, -0.05) is 34.6 Å². The number of rotatable bonds is 8. The lowest BCUT2D eigenvalue weighted by Gasteiger charge is -2.45. The van der Waals surface area contributed by atoms with Gasteiger partial charge >= 0.3 is 0 Å². The van der Waals surface area contributed by atoms with E-state index in [1.54, 1.807) is 20.8 Å². The number of alkyl halides is 1. The Hall–Kier alpha value is -1.50. The minimum atomic E-state index is -1.10. The number of halogens is 1. The summed E-state index contributed by atoms with van der Waals surface area (Å²) >= 11 is 0. The number of carbonyl (C=O) groups excluding carboxylic acids is 3. The zero-order valence-corrected chi connectivity index (χ0v) is 17.6. The molecule has 1 rings (SSSR count). The number of hydrogen-bond donors (Lipinski definition) is 3. The lowest BCUT2D eigenvalue weighted by molar-refractivity contribution is -0.147. The van der Waals surface area contributed by atoms with Gasteiger partial charge in [0.25, 0.3) is 0 Å². The first-order chi connectivity index (χ1) is 12.1. The standard InChI is InChI=1S/C20H36FN3O3/c1-10(14(16(23)25)9-19(4,5)12(3)21)20(6,7)15-8-13(11(2)22)17(26)24-18(15)27/h10-15H,8-9,22H2,1-7H3,(H2,23,25)(H,24,26,27). The molecule has 27 heavy (non-hydrogen) atoms. The molecule has 0 aromatic carbocycles. The van der Waals surface area contributed by atoms with Gasteiger partial charge in [-0.05, 0) is 43.4 Å². The SMILES string of the molecule is CC(N)C1CC(C(C)(C)C(C)C(CC(C)(C)C(C)F)C(N)=O)C(=O)NC1=O.